The Morgan fingerprint density at radius 1 is 1.32 bits per heavy atom. The molecule has 162 valence electrons. The van der Waals surface area contributed by atoms with Crippen LogP contribution in [0.15, 0.2) is 41.6 Å². The molecule has 2 aromatic rings. The van der Waals surface area contributed by atoms with Gasteiger partial charge in [-0.05, 0) is 50.1 Å². The highest BCUT2D eigenvalue weighted by Gasteiger charge is 2.33. The van der Waals surface area contributed by atoms with Crippen molar-refractivity contribution in [1.82, 2.24) is 0 Å². The molecule has 0 bridgehead atoms. The summed E-state index contributed by atoms with van der Waals surface area (Å²) in [5.41, 5.74) is 3.00. The number of aliphatic carboxylic acids is 1. The van der Waals surface area contributed by atoms with E-state index in [1.54, 1.807) is 42.2 Å². The van der Waals surface area contributed by atoms with Gasteiger partial charge in [0.15, 0.2) is 12.6 Å². The predicted octanol–water partition coefficient (Wildman–Crippen LogP) is 2.12. The average Bonchev–Trinajstić information content (AvgIpc) is 3.17. The van der Waals surface area contributed by atoms with Crippen molar-refractivity contribution in [1.29, 1.82) is 5.26 Å². The van der Waals surface area contributed by atoms with E-state index in [0.717, 1.165) is 11.1 Å². The fourth-order valence-corrected chi connectivity index (χ4v) is 3.23. The standard InChI is InChI=1S/C22H23N3O6/c1-13(2)31-19-7-5-17(9-16(19)11-23)25-12-30-24-20(25)18-6-4-15(8-14(18)3)10-22(28,29)21(26)27/h4-9,13,28-29H,10,12H2,1-3H3,(H,26,27). The molecule has 0 aliphatic carbocycles. The van der Waals surface area contributed by atoms with Gasteiger partial charge in [0.1, 0.15) is 11.8 Å². The van der Waals surface area contributed by atoms with E-state index in [4.69, 9.17) is 14.7 Å². The summed E-state index contributed by atoms with van der Waals surface area (Å²) < 4.78 is 5.67. The molecule has 3 rings (SSSR count). The van der Waals surface area contributed by atoms with Crippen molar-refractivity contribution in [3.05, 3.63) is 58.7 Å². The van der Waals surface area contributed by atoms with Crippen LogP contribution in [-0.2, 0) is 16.1 Å². The van der Waals surface area contributed by atoms with Crippen LogP contribution in [-0.4, -0.2) is 45.7 Å². The van der Waals surface area contributed by atoms with Crippen LogP contribution in [0.3, 0.4) is 0 Å². The Hall–Kier alpha value is -3.61. The van der Waals surface area contributed by atoms with E-state index in [-0.39, 0.29) is 12.8 Å². The van der Waals surface area contributed by atoms with E-state index in [1.165, 1.54) is 0 Å². The van der Waals surface area contributed by atoms with Gasteiger partial charge in [0.2, 0.25) is 0 Å². The van der Waals surface area contributed by atoms with Crippen molar-refractivity contribution < 1.29 is 29.7 Å². The van der Waals surface area contributed by atoms with E-state index < -0.39 is 18.2 Å². The van der Waals surface area contributed by atoms with Gasteiger partial charge in [0, 0.05) is 17.7 Å². The van der Waals surface area contributed by atoms with Crippen molar-refractivity contribution in [2.24, 2.45) is 5.16 Å². The smallest absolute Gasteiger partial charge is 0.364 e. The number of hydrogen-bond donors (Lipinski definition) is 3. The van der Waals surface area contributed by atoms with Crippen LogP contribution in [0.25, 0.3) is 0 Å². The number of aliphatic hydroxyl groups is 2. The number of benzene rings is 2. The number of aryl methyl sites for hydroxylation is 1. The number of carboxylic acids is 1. The molecule has 2 aromatic carbocycles. The summed E-state index contributed by atoms with van der Waals surface area (Å²) in [5, 5.41) is 41.7. The fraction of sp³-hybridized carbons (Fsp3) is 0.318. The molecule has 1 aliphatic heterocycles. The summed E-state index contributed by atoms with van der Waals surface area (Å²) in [6.07, 6.45) is -0.525. The molecular weight excluding hydrogens is 402 g/mol. The second-order valence-electron chi connectivity index (χ2n) is 7.51. The lowest BCUT2D eigenvalue weighted by Crippen LogP contribution is -2.40. The number of anilines is 1. The molecular formula is C22H23N3O6. The monoisotopic (exact) mass is 425 g/mol. The topological polar surface area (TPSA) is 136 Å². The molecule has 3 N–H and O–H groups in total. The van der Waals surface area contributed by atoms with Crippen LogP contribution in [0, 0.1) is 18.3 Å². The zero-order chi connectivity index (χ0) is 22.8. The lowest BCUT2D eigenvalue weighted by molar-refractivity contribution is -0.202. The number of ether oxygens (including phenoxy) is 1. The molecule has 0 radical (unpaired) electrons. The number of nitriles is 1. The van der Waals surface area contributed by atoms with E-state index >= 15 is 0 Å². The SMILES string of the molecule is Cc1cc(CC(O)(O)C(=O)O)ccc1C1=NOCN1c1ccc(OC(C)C)c(C#N)c1. The average molecular weight is 425 g/mol. The molecule has 0 unspecified atom stereocenters. The Labute approximate surface area is 179 Å². The molecule has 0 spiro atoms. The normalized spacial score (nSPS) is 13.6. The molecule has 0 fully saturated rings. The van der Waals surface area contributed by atoms with Crippen LogP contribution in [0.2, 0.25) is 0 Å². The summed E-state index contributed by atoms with van der Waals surface area (Å²) in [6, 6.07) is 12.4. The Morgan fingerprint density at radius 3 is 2.68 bits per heavy atom. The summed E-state index contributed by atoms with van der Waals surface area (Å²) in [6.45, 7) is 5.72. The van der Waals surface area contributed by atoms with Crippen LogP contribution < -0.4 is 9.64 Å². The number of amidine groups is 1. The van der Waals surface area contributed by atoms with E-state index in [9.17, 15) is 20.3 Å². The first-order valence-electron chi connectivity index (χ1n) is 9.58. The lowest BCUT2D eigenvalue weighted by atomic mass is 9.98. The Kier molecular flexibility index (Phi) is 6.15. The summed E-state index contributed by atoms with van der Waals surface area (Å²) in [4.78, 5) is 18.0. The van der Waals surface area contributed by atoms with Crippen LogP contribution >= 0.6 is 0 Å². The van der Waals surface area contributed by atoms with Gasteiger partial charge >= 0.3 is 5.97 Å². The molecule has 1 aliphatic rings. The Bertz CT molecular complexity index is 1070. The van der Waals surface area contributed by atoms with Crippen molar-refractivity contribution in [2.45, 2.75) is 39.1 Å². The highest BCUT2D eigenvalue weighted by Crippen LogP contribution is 2.29. The van der Waals surface area contributed by atoms with Crippen molar-refractivity contribution in [3.8, 4) is 11.8 Å². The van der Waals surface area contributed by atoms with E-state index in [0.29, 0.717) is 28.4 Å². The predicted molar refractivity (Wildman–Crippen MR) is 112 cm³/mol. The molecule has 9 heteroatoms. The van der Waals surface area contributed by atoms with Gasteiger partial charge in [-0.2, -0.15) is 5.26 Å². The highest BCUT2D eigenvalue weighted by atomic mass is 16.7. The number of carbonyl (C=O) groups is 1. The second-order valence-corrected chi connectivity index (χ2v) is 7.51. The van der Waals surface area contributed by atoms with Gasteiger partial charge in [-0.25, -0.2) is 4.79 Å². The third kappa shape index (κ3) is 4.77. The zero-order valence-corrected chi connectivity index (χ0v) is 17.4. The number of oxime groups is 1. The van der Waals surface area contributed by atoms with Gasteiger partial charge in [-0.1, -0.05) is 23.4 Å². The van der Waals surface area contributed by atoms with Crippen molar-refractivity contribution in [2.75, 3.05) is 11.6 Å². The van der Waals surface area contributed by atoms with Gasteiger partial charge in [-0.3, -0.25) is 4.90 Å². The number of carboxylic acid groups (broad SMARTS) is 1. The minimum absolute atomic E-state index is 0.0657. The Morgan fingerprint density at radius 2 is 2.06 bits per heavy atom. The van der Waals surface area contributed by atoms with E-state index in [2.05, 4.69) is 11.2 Å². The maximum Gasteiger partial charge on any atom is 0.364 e. The summed E-state index contributed by atoms with van der Waals surface area (Å²) in [7, 11) is 0. The largest absolute Gasteiger partial charge is 0.490 e. The maximum absolute atomic E-state index is 10.9. The maximum atomic E-state index is 10.9. The summed E-state index contributed by atoms with van der Waals surface area (Å²) >= 11 is 0. The minimum atomic E-state index is -2.85. The number of nitrogens with zero attached hydrogens (tertiary/aromatic N) is 3. The molecule has 0 amide bonds. The lowest BCUT2D eigenvalue weighted by Gasteiger charge is -2.21. The van der Waals surface area contributed by atoms with Gasteiger partial charge in [0.05, 0.1) is 11.7 Å². The molecule has 1 heterocycles. The third-order valence-corrected chi connectivity index (χ3v) is 4.68. The van der Waals surface area contributed by atoms with Crippen LogP contribution in [0.5, 0.6) is 5.75 Å². The number of rotatable bonds is 7. The molecule has 0 aromatic heterocycles. The molecule has 0 saturated heterocycles. The van der Waals surface area contributed by atoms with Gasteiger partial charge in [0.25, 0.3) is 5.79 Å². The molecule has 0 atom stereocenters. The fourth-order valence-electron chi connectivity index (χ4n) is 3.23. The molecule has 9 nitrogen and oxygen atoms in total. The first-order chi connectivity index (χ1) is 14.6. The first-order valence-corrected chi connectivity index (χ1v) is 9.58. The van der Waals surface area contributed by atoms with Crippen LogP contribution in [0.1, 0.15) is 36.1 Å². The zero-order valence-electron chi connectivity index (χ0n) is 17.4. The molecule has 0 saturated carbocycles. The van der Waals surface area contributed by atoms with Crippen molar-refractivity contribution >= 4 is 17.5 Å². The van der Waals surface area contributed by atoms with Crippen molar-refractivity contribution in [3.63, 3.8) is 0 Å². The van der Waals surface area contributed by atoms with Gasteiger partial charge in [-0.15, -0.1) is 0 Å². The Balaban J connectivity index is 1.89. The highest BCUT2D eigenvalue weighted by molar-refractivity contribution is 6.11. The minimum Gasteiger partial charge on any atom is -0.490 e. The third-order valence-electron chi connectivity index (χ3n) is 4.68. The van der Waals surface area contributed by atoms with Crippen LogP contribution in [0.4, 0.5) is 5.69 Å². The number of hydrogen-bond acceptors (Lipinski definition) is 8. The summed E-state index contributed by atoms with van der Waals surface area (Å²) in [5.74, 6) is -3.55. The van der Waals surface area contributed by atoms with Gasteiger partial charge < -0.3 is 24.9 Å². The quantitative estimate of drug-likeness (QED) is 0.574. The van der Waals surface area contributed by atoms with E-state index in [1.807, 2.05) is 19.9 Å². The second kappa shape index (κ2) is 8.63. The first kappa shape index (κ1) is 22.1. The molecule has 31 heavy (non-hydrogen) atoms.